The van der Waals surface area contributed by atoms with Crippen LogP contribution in [0.4, 0.5) is 0 Å². The average Bonchev–Trinajstić information content (AvgIpc) is 2.93. The number of rotatable bonds is 4. The van der Waals surface area contributed by atoms with E-state index in [0.29, 0.717) is 19.5 Å². The Labute approximate surface area is 138 Å². The zero-order valence-electron chi connectivity index (χ0n) is 14.2. The standard InChI is InChI=1S/C17H29N3O3/c1-19-12-14(11-15(19)21)16(22)18-13-17(5-3-2-4-6-17)20-7-9-23-10-8-20/h14H,2-13H2,1H3,(H,18,22). The summed E-state index contributed by atoms with van der Waals surface area (Å²) in [6, 6.07) is 0. The molecule has 3 rings (SSSR count). The third-order valence-corrected chi connectivity index (χ3v) is 5.77. The van der Waals surface area contributed by atoms with Crippen LogP contribution in [0.1, 0.15) is 38.5 Å². The Bertz CT molecular complexity index is 442. The Morgan fingerprint density at radius 2 is 1.96 bits per heavy atom. The summed E-state index contributed by atoms with van der Waals surface area (Å²) in [4.78, 5) is 28.3. The zero-order chi connectivity index (χ0) is 16.3. The monoisotopic (exact) mass is 323 g/mol. The van der Waals surface area contributed by atoms with Gasteiger partial charge in [0.1, 0.15) is 0 Å². The van der Waals surface area contributed by atoms with Crippen LogP contribution in [0.5, 0.6) is 0 Å². The molecule has 0 aromatic rings. The molecule has 3 aliphatic rings. The second-order valence-corrected chi connectivity index (χ2v) is 7.28. The van der Waals surface area contributed by atoms with Crippen molar-refractivity contribution in [3.05, 3.63) is 0 Å². The van der Waals surface area contributed by atoms with Crippen molar-refractivity contribution >= 4 is 11.8 Å². The number of hydrogen-bond donors (Lipinski definition) is 1. The van der Waals surface area contributed by atoms with Gasteiger partial charge in [0.2, 0.25) is 11.8 Å². The minimum atomic E-state index is -0.183. The highest BCUT2D eigenvalue weighted by Crippen LogP contribution is 2.34. The van der Waals surface area contributed by atoms with Gasteiger partial charge < -0.3 is 15.0 Å². The van der Waals surface area contributed by atoms with Gasteiger partial charge in [0.05, 0.1) is 19.1 Å². The number of nitrogens with one attached hydrogen (secondary N) is 1. The molecule has 2 heterocycles. The Morgan fingerprint density at radius 1 is 1.26 bits per heavy atom. The van der Waals surface area contributed by atoms with Crippen molar-refractivity contribution < 1.29 is 14.3 Å². The Balaban J connectivity index is 1.60. The van der Waals surface area contributed by atoms with E-state index in [1.807, 2.05) is 0 Å². The minimum absolute atomic E-state index is 0.0425. The van der Waals surface area contributed by atoms with Gasteiger partial charge in [0.25, 0.3) is 0 Å². The highest BCUT2D eigenvalue weighted by atomic mass is 16.5. The van der Waals surface area contributed by atoms with Crippen LogP contribution in [0.25, 0.3) is 0 Å². The summed E-state index contributed by atoms with van der Waals surface area (Å²) in [6.07, 6.45) is 6.41. The molecule has 6 nitrogen and oxygen atoms in total. The number of likely N-dealkylation sites (tertiary alicyclic amines) is 1. The van der Waals surface area contributed by atoms with Gasteiger partial charge in [-0.1, -0.05) is 19.3 Å². The molecule has 3 fully saturated rings. The van der Waals surface area contributed by atoms with Crippen molar-refractivity contribution in [3.63, 3.8) is 0 Å². The molecule has 130 valence electrons. The van der Waals surface area contributed by atoms with Crippen molar-refractivity contribution in [2.24, 2.45) is 5.92 Å². The quantitative estimate of drug-likeness (QED) is 0.824. The molecule has 2 aliphatic heterocycles. The molecule has 23 heavy (non-hydrogen) atoms. The average molecular weight is 323 g/mol. The molecule has 2 amide bonds. The fourth-order valence-corrected chi connectivity index (χ4v) is 4.29. The van der Waals surface area contributed by atoms with Crippen LogP contribution in [0.15, 0.2) is 0 Å². The topological polar surface area (TPSA) is 61.9 Å². The van der Waals surface area contributed by atoms with E-state index >= 15 is 0 Å². The largest absolute Gasteiger partial charge is 0.379 e. The lowest BCUT2D eigenvalue weighted by molar-refractivity contribution is -0.128. The van der Waals surface area contributed by atoms with Crippen LogP contribution in [-0.4, -0.2) is 73.6 Å². The lowest BCUT2D eigenvalue weighted by Crippen LogP contribution is -2.60. The third kappa shape index (κ3) is 3.69. The van der Waals surface area contributed by atoms with Crippen molar-refractivity contribution in [2.75, 3.05) is 46.4 Å². The van der Waals surface area contributed by atoms with E-state index < -0.39 is 0 Å². The highest BCUT2D eigenvalue weighted by molar-refractivity contribution is 5.89. The SMILES string of the molecule is CN1CC(C(=O)NCC2(N3CCOCC3)CCCCC2)CC1=O. The van der Waals surface area contributed by atoms with Crippen molar-refractivity contribution in [3.8, 4) is 0 Å². The first-order valence-electron chi connectivity index (χ1n) is 8.95. The fourth-order valence-electron chi connectivity index (χ4n) is 4.29. The second kappa shape index (κ2) is 7.18. The molecule has 1 atom stereocenters. The van der Waals surface area contributed by atoms with Gasteiger partial charge in [-0.25, -0.2) is 0 Å². The maximum absolute atomic E-state index is 12.5. The smallest absolute Gasteiger partial charge is 0.225 e. The normalized spacial score (nSPS) is 28.8. The third-order valence-electron chi connectivity index (χ3n) is 5.77. The van der Waals surface area contributed by atoms with Crippen LogP contribution in [0.3, 0.4) is 0 Å². The minimum Gasteiger partial charge on any atom is -0.379 e. The molecular formula is C17H29N3O3. The van der Waals surface area contributed by atoms with E-state index in [2.05, 4.69) is 10.2 Å². The lowest BCUT2D eigenvalue weighted by Gasteiger charge is -2.48. The van der Waals surface area contributed by atoms with Crippen LogP contribution >= 0.6 is 0 Å². The van der Waals surface area contributed by atoms with Gasteiger partial charge in [-0.15, -0.1) is 0 Å². The van der Waals surface area contributed by atoms with E-state index in [1.54, 1.807) is 11.9 Å². The number of hydrogen-bond acceptors (Lipinski definition) is 4. The number of amides is 2. The summed E-state index contributed by atoms with van der Waals surface area (Å²) < 4.78 is 5.49. The molecule has 1 aliphatic carbocycles. The number of morpholine rings is 1. The summed E-state index contributed by atoms with van der Waals surface area (Å²) in [5.74, 6) is -0.0653. The van der Waals surface area contributed by atoms with Gasteiger partial charge in [0.15, 0.2) is 0 Å². The summed E-state index contributed by atoms with van der Waals surface area (Å²) in [7, 11) is 1.77. The van der Waals surface area contributed by atoms with Gasteiger partial charge >= 0.3 is 0 Å². The van der Waals surface area contributed by atoms with Gasteiger partial charge in [0, 0.05) is 45.2 Å². The van der Waals surface area contributed by atoms with Gasteiger partial charge in [-0.2, -0.15) is 0 Å². The van der Waals surface area contributed by atoms with Gasteiger partial charge in [-0.05, 0) is 12.8 Å². The zero-order valence-corrected chi connectivity index (χ0v) is 14.2. The van der Waals surface area contributed by atoms with Gasteiger partial charge in [-0.3, -0.25) is 14.5 Å². The van der Waals surface area contributed by atoms with E-state index in [9.17, 15) is 9.59 Å². The number of ether oxygens (including phenoxy) is 1. The molecule has 0 bridgehead atoms. The summed E-state index contributed by atoms with van der Waals surface area (Å²) in [5.41, 5.74) is 0.0895. The Morgan fingerprint density at radius 3 is 2.57 bits per heavy atom. The fraction of sp³-hybridized carbons (Fsp3) is 0.882. The van der Waals surface area contributed by atoms with Crippen LogP contribution in [0.2, 0.25) is 0 Å². The number of nitrogens with zero attached hydrogens (tertiary/aromatic N) is 2. The van der Waals surface area contributed by atoms with Crippen molar-refractivity contribution in [1.29, 1.82) is 0 Å². The predicted octanol–water partition coefficient (Wildman–Crippen LogP) is 0.616. The molecule has 0 radical (unpaired) electrons. The maximum Gasteiger partial charge on any atom is 0.225 e. The first-order chi connectivity index (χ1) is 11.1. The van der Waals surface area contributed by atoms with Crippen LogP contribution in [-0.2, 0) is 14.3 Å². The van der Waals surface area contributed by atoms with Crippen LogP contribution < -0.4 is 5.32 Å². The highest BCUT2D eigenvalue weighted by Gasteiger charge is 2.40. The predicted molar refractivity (Wildman–Crippen MR) is 87.0 cm³/mol. The summed E-state index contributed by atoms with van der Waals surface area (Å²) >= 11 is 0. The molecule has 0 aromatic carbocycles. The number of carbonyl (C=O) groups is 2. The molecule has 6 heteroatoms. The Hall–Kier alpha value is -1.14. The van der Waals surface area contributed by atoms with E-state index in [1.165, 1.54) is 19.3 Å². The van der Waals surface area contributed by atoms with Crippen molar-refractivity contribution in [2.45, 2.75) is 44.1 Å². The molecule has 1 saturated carbocycles. The first kappa shape index (κ1) is 16.7. The number of carbonyl (C=O) groups excluding carboxylic acids is 2. The van der Waals surface area contributed by atoms with E-state index in [-0.39, 0.29) is 23.3 Å². The van der Waals surface area contributed by atoms with Crippen molar-refractivity contribution in [1.82, 2.24) is 15.1 Å². The summed E-state index contributed by atoms with van der Waals surface area (Å²) in [5, 5.41) is 3.17. The first-order valence-corrected chi connectivity index (χ1v) is 8.95. The summed E-state index contributed by atoms with van der Waals surface area (Å²) in [6.45, 7) is 4.76. The van der Waals surface area contributed by atoms with E-state index in [4.69, 9.17) is 4.74 Å². The maximum atomic E-state index is 12.5. The van der Waals surface area contributed by atoms with E-state index in [0.717, 1.165) is 39.1 Å². The lowest BCUT2D eigenvalue weighted by atomic mass is 9.79. The molecule has 0 aromatic heterocycles. The molecule has 0 spiro atoms. The molecule has 2 saturated heterocycles. The second-order valence-electron chi connectivity index (χ2n) is 7.28. The molecular weight excluding hydrogens is 294 g/mol. The molecule has 1 unspecified atom stereocenters. The molecule has 1 N–H and O–H groups in total. The Kier molecular flexibility index (Phi) is 5.21. The van der Waals surface area contributed by atoms with Crippen LogP contribution in [0, 0.1) is 5.92 Å².